The van der Waals surface area contributed by atoms with Gasteiger partial charge in [-0.05, 0) is 19.4 Å². The Morgan fingerprint density at radius 2 is 2.06 bits per heavy atom. The van der Waals surface area contributed by atoms with Crippen molar-refractivity contribution in [2.24, 2.45) is 0 Å². The van der Waals surface area contributed by atoms with Crippen molar-refractivity contribution in [3.05, 3.63) is 0 Å². The number of hydrogen-bond donors (Lipinski definition) is 2. The van der Waals surface area contributed by atoms with E-state index < -0.39 is 0 Å². The molecule has 0 spiro atoms. The summed E-state index contributed by atoms with van der Waals surface area (Å²) in [5, 5.41) is 13.4. The van der Waals surface area contributed by atoms with Gasteiger partial charge in [0.15, 0.2) is 0 Å². The van der Waals surface area contributed by atoms with E-state index in [-0.39, 0.29) is 6.10 Å². The van der Waals surface area contributed by atoms with Crippen LogP contribution in [0.5, 0.6) is 0 Å². The maximum atomic E-state index is 10.1. The first-order valence-corrected chi connectivity index (χ1v) is 6.64. The highest BCUT2D eigenvalue weighted by Crippen LogP contribution is 2.26. The number of nitrogens with one attached hydrogen (secondary N) is 1. The monoisotopic (exact) mass is 227 g/mol. The first-order chi connectivity index (χ1) is 7.79. The second kappa shape index (κ2) is 5.96. The second-order valence-corrected chi connectivity index (χ2v) is 5.02. The van der Waals surface area contributed by atoms with Crippen LogP contribution in [-0.2, 0) is 0 Å². The van der Waals surface area contributed by atoms with Crippen molar-refractivity contribution in [3.8, 4) is 0 Å². The summed E-state index contributed by atoms with van der Waals surface area (Å²) in [4.78, 5) is 4.79. The summed E-state index contributed by atoms with van der Waals surface area (Å²) in [5.74, 6) is 0. The van der Waals surface area contributed by atoms with E-state index in [1.165, 1.54) is 12.8 Å². The minimum atomic E-state index is -0.182. The molecular formula is C12H25N3O. The molecule has 2 aliphatic rings. The number of aliphatic hydroxyl groups is 1. The molecule has 1 aliphatic carbocycles. The molecule has 1 heterocycles. The number of hydrogen-bond acceptors (Lipinski definition) is 4. The Kier molecular flexibility index (Phi) is 4.58. The predicted molar refractivity (Wildman–Crippen MR) is 65.6 cm³/mol. The van der Waals surface area contributed by atoms with Gasteiger partial charge in [-0.15, -0.1) is 0 Å². The van der Waals surface area contributed by atoms with Crippen molar-refractivity contribution in [2.75, 3.05) is 45.8 Å². The molecule has 16 heavy (non-hydrogen) atoms. The maximum Gasteiger partial charge on any atom is 0.0793 e. The molecule has 1 aliphatic heterocycles. The van der Waals surface area contributed by atoms with Crippen molar-refractivity contribution in [3.63, 3.8) is 0 Å². The van der Waals surface area contributed by atoms with E-state index in [0.29, 0.717) is 0 Å². The molecule has 0 bridgehead atoms. The Morgan fingerprint density at radius 3 is 2.62 bits per heavy atom. The molecule has 4 heteroatoms. The van der Waals surface area contributed by atoms with Crippen LogP contribution < -0.4 is 5.32 Å². The lowest BCUT2D eigenvalue weighted by Crippen LogP contribution is -2.48. The van der Waals surface area contributed by atoms with E-state index in [1.54, 1.807) is 0 Å². The summed E-state index contributed by atoms with van der Waals surface area (Å²) in [6.07, 6.45) is 2.47. The summed E-state index contributed by atoms with van der Waals surface area (Å²) in [6, 6.07) is 0.766. The second-order valence-electron chi connectivity index (χ2n) is 5.02. The molecule has 0 aromatic rings. The average molecular weight is 227 g/mol. The third-order valence-electron chi connectivity index (χ3n) is 3.59. The third kappa shape index (κ3) is 3.70. The molecule has 1 saturated heterocycles. The van der Waals surface area contributed by atoms with E-state index >= 15 is 0 Å². The molecule has 2 rings (SSSR count). The highest BCUT2D eigenvalue weighted by molar-refractivity contribution is 4.85. The lowest BCUT2D eigenvalue weighted by Gasteiger charge is -2.31. The Balaban J connectivity index is 1.67. The Morgan fingerprint density at radius 1 is 1.38 bits per heavy atom. The standard InChI is InChI=1S/C12H25N3O/c1-2-15(11-3-4-11)10-12(16)9-14-7-5-13-6-8-14/h11-13,16H,2-10H2,1H3. The molecule has 0 amide bonds. The van der Waals surface area contributed by atoms with Gasteiger partial charge in [0.2, 0.25) is 0 Å². The van der Waals surface area contributed by atoms with Crippen LogP contribution >= 0.6 is 0 Å². The SMILES string of the molecule is CCN(CC(O)CN1CCNCC1)C1CC1. The van der Waals surface area contributed by atoms with E-state index in [2.05, 4.69) is 22.0 Å². The minimum absolute atomic E-state index is 0.182. The molecule has 94 valence electrons. The fraction of sp³-hybridized carbons (Fsp3) is 1.00. The summed E-state index contributed by atoms with van der Waals surface area (Å²) in [6.45, 7) is 9.23. The zero-order chi connectivity index (χ0) is 11.4. The van der Waals surface area contributed by atoms with Gasteiger partial charge in [0, 0.05) is 45.3 Å². The Hall–Kier alpha value is -0.160. The van der Waals surface area contributed by atoms with Crippen LogP contribution in [0.2, 0.25) is 0 Å². The predicted octanol–water partition coefficient (Wildman–Crippen LogP) is -0.263. The van der Waals surface area contributed by atoms with Crippen LogP contribution in [0, 0.1) is 0 Å². The maximum absolute atomic E-state index is 10.1. The highest BCUT2D eigenvalue weighted by atomic mass is 16.3. The summed E-state index contributed by atoms with van der Waals surface area (Å²) in [7, 11) is 0. The average Bonchev–Trinajstić information content (AvgIpc) is 3.11. The fourth-order valence-corrected chi connectivity index (χ4v) is 2.50. The van der Waals surface area contributed by atoms with Gasteiger partial charge in [-0.2, -0.15) is 0 Å². The van der Waals surface area contributed by atoms with Gasteiger partial charge >= 0.3 is 0 Å². The van der Waals surface area contributed by atoms with Crippen molar-refractivity contribution in [2.45, 2.75) is 31.9 Å². The minimum Gasteiger partial charge on any atom is -0.390 e. The lowest BCUT2D eigenvalue weighted by atomic mass is 10.2. The lowest BCUT2D eigenvalue weighted by molar-refractivity contribution is 0.0685. The first kappa shape index (κ1) is 12.3. The summed E-state index contributed by atoms with van der Waals surface area (Å²) in [5.41, 5.74) is 0. The summed E-state index contributed by atoms with van der Waals surface area (Å²) >= 11 is 0. The normalized spacial score (nSPS) is 24.9. The molecule has 2 fully saturated rings. The van der Waals surface area contributed by atoms with Crippen LogP contribution in [0.25, 0.3) is 0 Å². The number of piperazine rings is 1. The van der Waals surface area contributed by atoms with Crippen LogP contribution in [0.3, 0.4) is 0 Å². The fourth-order valence-electron chi connectivity index (χ4n) is 2.50. The first-order valence-electron chi connectivity index (χ1n) is 6.64. The molecule has 1 saturated carbocycles. The van der Waals surface area contributed by atoms with Crippen LogP contribution in [0.15, 0.2) is 0 Å². The van der Waals surface area contributed by atoms with E-state index in [9.17, 15) is 5.11 Å². The van der Waals surface area contributed by atoms with Crippen LogP contribution in [0.4, 0.5) is 0 Å². The van der Waals surface area contributed by atoms with E-state index in [4.69, 9.17) is 0 Å². The number of β-amino-alcohol motifs (C(OH)–C–C–N with tert-alkyl or cyclic N) is 1. The molecule has 4 nitrogen and oxygen atoms in total. The van der Waals surface area contributed by atoms with Gasteiger partial charge in [0.25, 0.3) is 0 Å². The van der Waals surface area contributed by atoms with Crippen LogP contribution in [-0.4, -0.2) is 72.9 Å². The highest BCUT2D eigenvalue weighted by Gasteiger charge is 2.29. The zero-order valence-electron chi connectivity index (χ0n) is 10.4. The Bertz CT molecular complexity index is 202. The van der Waals surface area contributed by atoms with Gasteiger partial charge in [-0.25, -0.2) is 0 Å². The van der Waals surface area contributed by atoms with Gasteiger partial charge in [-0.1, -0.05) is 6.92 Å². The van der Waals surface area contributed by atoms with Gasteiger partial charge in [0.1, 0.15) is 0 Å². The van der Waals surface area contributed by atoms with Crippen molar-refractivity contribution < 1.29 is 5.11 Å². The largest absolute Gasteiger partial charge is 0.390 e. The van der Waals surface area contributed by atoms with E-state index in [1.807, 2.05) is 0 Å². The summed E-state index contributed by atoms with van der Waals surface area (Å²) < 4.78 is 0. The van der Waals surface area contributed by atoms with Gasteiger partial charge in [0.05, 0.1) is 6.10 Å². The van der Waals surface area contributed by atoms with Gasteiger partial charge < -0.3 is 10.4 Å². The quantitative estimate of drug-likeness (QED) is 0.655. The van der Waals surface area contributed by atoms with E-state index in [0.717, 1.165) is 51.9 Å². The number of likely N-dealkylation sites (N-methyl/N-ethyl adjacent to an activating group) is 1. The molecular weight excluding hydrogens is 202 g/mol. The topological polar surface area (TPSA) is 38.7 Å². The molecule has 0 radical (unpaired) electrons. The van der Waals surface area contributed by atoms with Crippen molar-refractivity contribution in [1.82, 2.24) is 15.1 Å². The third-order valence-corrected chi connectivity index (χ3v) is 3.59. The number of aliphatic hydroxyl groups excluding tert-OH is 1. The van der Waals surface area contributed by atoms with Gasteiger partial charge in [-0.3, -0.25) is 9.80 Å². The molecule has 0 aromatic carbocycles. The molecule has 1 unspecified atom stereocenters. The van der Waals surface area contributed by atoms with Crippen LogP contribution in [0.1, 0.15) is 19.8 Å². The number of nitrogens with zero attached hydrogens (tertiary/aromatic N) is 2. The van der Waals surface area contributed by atoms with Crippen molar-refractivity contribution >= 4 is 0 Å². The molecule has 2 N–H and O–H groups in total. The number of rotatable bonds is 6. The van der Waals surface area contributed by atoms with Crippen molar-refractivity contribution in [1.29, 1.82) is 0 Å². The molecule has 1 atom stereocenters. The molecule has 0 aromatic heterocycles. The smallest absolute Gasteiger partial charge is 0.0793 e. The Labute approximate surface area is 98.6 Å². The zero-order valence-corrected chi connectivity index (χ0v) is 10.4.